The molecule has 7 heteroatoms. The molecule has 2 heterocycles. The number of carbonyl (C=O) groups is 3. The van der Waals surface area contributed by atoms with E-state index in [0.717, 1.165) is 24.1 Å². The van der Waals surface area contributed by atoms with Gasteiger partial charge in [0.05, 0.1) is 5.92 Å². The minimum atomic E-state index is -0.690. The third kappa shape index (κ3) is 3.99. The number of para-hydroxylation sites is 1. The Kier molecular flexibility index (Phi) is 5.29. The maximum absolute atomic E-state index is 13.4. The molecular formula is C22H22FN3O3. The highest BCUT2D eigenvalue weighted by Crippen LogP contribution is 2.33. The number of hydrogen-bond acceptors (Lipinski definition) is 3. The molecule has 2 aliphatic rings. The Balaban J connectivity index is 1.38. The minimum absolute atomic E-state index is 0.00207. The van der Waals surface area contributed by atoms with Crippen molar-refractivity contribution in [3.05, 3.63) is 59.4 Å². The molecule has 0 bridgehead atoms. The van der Waals surface area contributed by atoms with Crippen LogP contribution < -0.4 is 15.5 Å². The van der Waals surface area contributed by atoms with Crippen LogP contribution in [-0.4, -0.2) is 30.8 Å². The second kappa shape index (κ2) is 8.03. The first-order chi connectivity index (χ1) is 14.0. The summed E-state index contributed by atoms with van der Waals surface area (Å²) in [6.07, 6.45) is 2.05. The molecule has 0 aromatic heterocycles. The summed E-state index contributed by atoms with van der Waals surface area (Å²) in [6, 6.07) is 11.9. The second-order valence-electron chi connectivity index (χ2n) is 7.36. The minimum Gasteiger partial charge on any atom is -0.355 e. The lowest BCUT2D eigenvalue weighted by molar-refractivity contribution is -0.126. The number of halogens is 1. The van der Waals surface area contributed by atoms with Crippen LogP contribution in [0.4, 0.5) is 15.8 Å². The average Bonchev–Trinajstić information content (AvgIpc) is 2.72. The van der Waals surface area contributed by atoms with Crippen molar-refractivity contribution in [1.29, 1.82) is 0 Å². The molecule has 2 N–H and O–H groups in total. The maximum atomic E-state index is 13.4. The van der Waals surface area contributed by atoms with Crippen molar-refractivity contribution in [1.82, 2.24) is 5.32 Å². The Labute approximate surface area is 168 Å². The maximum Gasteiger partial charge on any atom is 0.228 e. The molecule has 6 nitrogen and oxygen atoms in total. The highest BCUT2D eigenvalue weighted by molar-refractivity contribution is 6.01. The fourth-order valence-electron chi connectivity index (χ4n) is 4.01. The van der Waals surface area contributed by atoms with E-state index in [1.807, 2.05) is 24.3 Å². The topological polar surface area (TPSA) is 78.5 Å². The lowest BCUT2D eigenvalue weighted by Crippen LogP contribution is -2.39. The number of carbonyl (C=O) groups excluding carboxylic acids is 3. The van der Waals surface area contributed by atoms with Gasteiger partial charge in [0.2, 0.25) is 17.7 Å². The van der Waals surface area contributed by atoms with Gasteiger partial charge >= 0.3 is 0 Å². The van der Waals surface area contributed by atoms with Crippen molar-refractivity contribution in [3.63, 3.8) is 0 Å². The summed E-state index contributed by atoms with van der Waals surface area (Å²) in [5, 5.41) is 5.35. The normalized spacial score (nSPS) is 17.8. The van der Waals surface area contributed by atoms with Crippen LogP contribution in [0.25, 0.3) is 0 Å². The molecule has 0 unspecified atom stereocenters. The van der Waals surface area contributed by atoms with Gasteiger partial charge in [-0.2, -0.15) is 0 Å². The summed E-state index contributed by atoms with van der Waals surface area (Å²) in [5.41, 5.74) is 3.00. The van der Waals surface area contributed by atoms with E-state index in [-0.39, 0.29) is 37.1 Å². The highest BCUT2D eigenvalue weighted by Gasteiger charge is 2.31. The van der Waals surface area contributed by atoms with E-state index in [1.165, 1.54) is 18.2 Å². The van der Waals surface area contributed by atoms with Crippen molar-refractivity contribution >= 4 is 29.1 Å². The number of aryl methyl sites for hydroxylation is 1. The molecule has 1 atom stereocenters. The third-order valence-electron chi connectivity index (χ3n) is 5.42. The Morgan fingerprint density at radius 2 is 2.03 bits per heavy atom. The molecule has 0 saturated heterocycles. The molecule has 4 rings (SSSR count). The van der Waals surface area contributed by atoms with Gasteiger partial charge in [-0.25, -0.2) is 4.39 Å². The van der Waals surface area contributed by atoms with Gasteiger partial charge in [0.15, 0.2) is 0 Å². The average molecular weight is 395 g/mol. The predicted octanol–water partition coefficient (Wildman–Crippen LogP) is 2.74. The van der Waals surface area contributed by atoms with Gasteiger partial charge in [0, 0.05) is 37.3 Å². The van der Waals surface area contributed by atoms with Crippen LogP contribution in [0, 0.1) is 5.82 Å². The zero-order valence-corrected chi connectivity index (χ0v) is 15.9. The van der Waals surface area contributed by atoms with Crippen molar-refractivity contribution in [3.8, 4) is 0 Å². The van der Waals surface area contributed by atoms with Gasteiger partial charge in [-0.15, -0.1) is 0 Å². The van der Waals surface area contributed by atoms with Crippen LogP contribution in [0.5, 0.6) is 0 Å². The molecule has 2 aromatic rings. The summed E-state index contributed by atoms with van der Waals surface area (Å²) in [7, 11) is 0. The third-order valence-corrected chi connectivity index (χ3v) is 5.42. The zero-order valence-electron chi connectivity index (χ0n) is 15.9. The second-order valence-corrected chi connectivity index (χ2v) is 7.36. The lowest BCUT2D eigenvalue weighted by Gasteiger charge is -2.29. The van der Waals surface area contributed by atoms with Crippen LogP contribution >= 0.6 is 0 Å². The SMILES string of the molecule is O=C1C[C@@H](C(=O)NCCC(=O)N2CCCc3ccccc32)c2ccc(F)cc2N1. The number of nitrogens with zero attached hydrogens (tertiary/aromatic N) is 1. The molecule has 0 aliphatic carbocycles. The van der Waals surface area contributed by atoms with Crippen LogP contribution in [0.15, 0.2) is 42.5 Å². The van der Waals surface area contributed by atoms with Crippen molar-refractivity contribution in [2.24, 2.45) is 0 Å². The quantitative estimate of drug-likeness (QED) is 0.836. The van der Waals surface area contributed by atoms with Crippen molar-refractivity contribution in [2.45, 2.75) is 31.6 Å². The number of hydrogen-bond donors (Lipinski definition) is 2. The number of rotatable bonds is 4. The monoisotopic (exact) mass is 395 g/mol. The lowest BCUT2D eigenvalue weighted by atomic mass is 9.89. The molecule has 2 aromatic carbocycles. The smallest absolute Gasteiger partial charge is 0.228 e. The van der Waals surface area contributed by atoms with E-state index >= 15 is 0 Å². The van der Waals surface area contributed by atoms with E-state index in [0.29, 0.717) is 17.8 Å². The molecule has 0 fully saturated rings. The zero-order chi connectivity index (χ0) is 20.4. The summed E-state index contributed by atoms with van der Waals surface area (Å²) in [6.45, 7) is 0.858. The molecule has 150 valence electrons. The molecule has 3 amide bonds. The molecule has 0 saturated carbocycles. The Hall–Kier alpha value is -3.22. The number of anilines is 2. The van der Waals surface area contributed by atoms with Gasteiger partial charge in [0.25, 0.3) is 0 Å². The summed E-state index contributed by atoms with van der Waals surface area (Å²) in [4.78, 5) is 39.0. The summed E-state index contributed by atoms with van der Waals surface area (Å²) < 4.78 is 13.4. The van der Waals surface area contributed by atoms with Gasteiger partial charge in [-0.05, 0) is 42.2 Å². The molecule has 0 radical (unpaired) electrons. The molecular weight excluding hydrogens is 373 g/mol. The number of nitrogens with one attached hydrogen (secondary N) is 2. The Bertz CT molecular complexity index is 976. The summed E-state index contributed by atoms with van der Waals surface area (Å²) in [5.74, 6) is -1.87. The fraction of sp³-hybridized carbons (Fsp3) is 0.318. The Morgan fingerprint density at radius 3 is 2.90 bits per heavy atom. The van der Waals surface area contributed by atoms with Gasteiger partial charge in [-0.1, -0.05) is 24.3 Å². The highest BCUT2D eigenvalue weighted by atomic mass is 19.1. The van der Waals surface area contributed by atoms with Crippen LogP contribution in [0.1, 0.15) is 36.3 Å². The van der Waals surface area contributed by atoms with Gasteiger partial charge in [-0.3, -0.25) is 14.4 Å². The first-order valence-corrected chi connectivity index (χ1v) is 9.78. The van der Waals surface area contributed by atoms with E-state index in [2.05, 4.69) is 10.6 Å². The van der Waals surface area contributed by atoms with Crippen LogP contribution in [-0.2, 0) is 20.8 Å². The first-order valence-electron chi connectivity index (χ1n) is 9.78. The largest absolute Gasteiger partial charge is 0.355 e. The number of amides is 3. The predicted molar refractivity (Wildman–Crippen MR) is 107 cm³/mol. The van der Waals surface area contributed by atoms with Gasteiger partial charge in [0.1, 0.15) is 5.82 Å². The van der Waals surface area contributed by atoms with Crippen molar-refractivity contribution < 1.29 is 18.8 Å². The Morgan fingerprint density at radius 1 is 1.21 bits per heavy atom. The molecule has 29 heavy (non-hydrogen) atoms. The van der Waals surface area contributed by atoms with E-state index in [9.17, 15) is 18.8 Å². The van der Waals surface area contributed by atoms with E-state index < -0.39 is 11.7 Å². The van der Waals surface area contributed by atoms with E-state index in [1.54, 1.807) is 4.90 Å². The standard InChI is InChI=1S/C22H22FN3O3/c23-15-7-8-16-17(13-20(27)25-18(16)12-15)22(29)24-10-9-21(28)26-11-3-5-14-4-1-2-6-19(14)26/h1-2,4,6-8,12,17H,3,5,9-11,13H2,(H,24,29)(H,25,27)/t17-/m1/s1. The first kappa shape index (κ1) is 19.1. The van der Waals surface area contributed by atoms with Gasteiger partial charge < -0.3 is 15.5 Å². The molecule has 0 spiro atoms. The fourth-order valence-corrected chi connectivity index (χ4v) is 4.01. The number of fused-ring (bicyclic) bond motifs is 2. The van der Waals surface area contributed by atoms with Crippen LogP contribution in [0.2, 0.25) is 0 Å². The van der Waals surface area contributed by atoms with Crippen LogP contribution in [0.3, 0.4) is 0 Å². The van der Waals surface area contributed by atoms with Crippen molar-refractivity contribution in [2.75, 3.05) is 23.3 Å². The number of benzene rings is 2. The van der Waals surface area contributed by atoms with E-state index in [4.69, 9.17) is 0 Å². The molecule has 2 aliphatic heterocycles. The summed E-state index contributed by atoms with van der Waals surface area (Å²) >= 11 is 0.